The Kier molecular flexibility index (Phi) is 7.10. The van der Waals surface area contributed by atoms with Gasteiger partial charge in [-0.3, -0.25) is 9.79 Å². The van der Waals surface area contributed by atoms with Gasteiger partial charge in [-0.05, 0) is 49.7 Å². The molecule has 6 nitrogen and oxygen atoms in total. The van der Waals surface area contributed by atoms with E-state index in [1.54, 1.807) is 7.05 Å². The number of para-hydroxylation sites is 1. The first-order valence-corrected chi connectivity index (χ1v) is 10.1. The third-order valence-corrected chi connectivity index (χ3v) is 5.60. The summed E-state index contributed by atoms with van der Waals surface area (Å²) in [4.78, 5) is 21.2. The number of fused-ring (bicyclic) bond motifs is 1. The molecule has 1 saturated heterocycles. The third kappa shape index (κ3) is 5.22. The lowest BCUT2D eigenvalue weighted by Crippen LogP contribution is -2.47. The molecule has 1 aromatic carbocycles. The van der Waals surface area contributed by atoms with E-state index in [-0.39, 0.29) is 12.5 Å². The van der Waals surface area contributed by atoms with Crippen LogP contribution in [0.15, 0.2) is 29.3 Å². The van der Waals surface area contributed by atoms with E-state index in [9.17, 15) is 4.79 Å². The molecule has 1 fully saturated rings. The summed E-state index contributed by atoms with van der Waals surface area (Å²) in [5.41, 5.74) is 2.31. The fraction of sp³-hybridized carbons (Fsp3) is 0.619. The van der Waals surface area contributed by atoms with Gasteiger partial charge in [0, 0.05) is 46.1 Å². The number of benzene rings is 1. The average Bonchev–Trinajstić information content (AvgIpc) is 2.72. The molecule has 0 radical (unpaired) electrons. The zero-order valence-electron chi connectivity index (χ0n) is 16.6. The first-order chi connectivity index (χ1) is 13.2. The minimum Gasteiger partial charge on any atom is -0.381 e. The van der Waals surface area contributed by atoms with Crippen LogP contribution < -0.4 is 10.2 Å². The molecule has 0 aromatic heterocycles. The van der Waals surface area contributed by atoms with Crippen molar-refractivity contribution >= 4 is 17.6 Å². The molecule has 2 aliphatic heterocycles. The van der Waals surface area contributed by atoms with Crippen molar-refractivity contribution in [3.05, 3.63) is 29.8 Å². The van der Waals surface area contributed by atoms with Crippen LogP contribution in [0.1, 0.15) is 31.2 Å². The number of carbonyl (C=O) groups is 1. The van der Waals surface area contributed by atoms with E-state index in [0.717, 1.165) is 76.0 Å². The van der Waals surface area contributed by atoms with Crippen LogP contribution in [0.3, 0.4) is 0 Å². The molecule has 3 rings (SSSR count). The number of hydrogen-bond donors (Lipinski definition) is 1. The number of nitrogens with zero attached hydrogens (tertiary/aromatic N) is 3. The molecule has 6 heteroatoms. The fourth-order valence-corrected chi connectivity index (χ4v) is 3.94. The predicted octanol–water partition coefficient (Wildman–Crippen LogP) is 2.29. The van der Waals surface area contributed by atoms with Crippen LogP contribution in [-0.4, -0.2) is 63.7 Å². The Bertz CT molecular complexity index is 655. The molecule has 0 bridgehead atoms. The van der Waals surface area contributed by atoms with Crippen LogP contribution in [0.4, 0.5) is 5.69 Å². The number of hydrogen-bond acceptors (Lipinski definition) is 3. The lowest BCUT2D eigenvalue weighted by atomic mass is 9.96. The maximum atomic E-state index is 12.8. The van der Waals surface area contributed by atoms with Gasteiger partial charge in [-0.2, -0.15) is 0 Å². The standard InChI is InChI=1S/C21H32N4O2/c1-22-21(24(2)13-9-17-10-14-27-15-11-17)23-16-20(26)25-12-5-7-18-6-3-4-8-19(18)25/h3-4,6,8,17H,5,7,9-16H2,1-2H3,(H,22,23). The molecule has 0 spiro atoms. The first-order valence-electron chi connectivity index (χ1n) is 10.1. The van der Waals surface area contributed by atoms with Crippen LogP contribution >= 0.6 is 0 Å². The van der Waals surface area contributed by atoms with E-state index >= 15 is 0 Å². The summed E-state index contributed by atoms with van der Waals surface area (Å²) in [6.45, 7) is 3.75. The Labute approximate surface area is 162 Å². The predicted molar refractivity (Wildman–Crippen MR) is 109 cm³/mol. The molecule has 0 atom stereocenters. The van der Waals surface area contributed by atoms with Gasteiger partial charge in [0.25, 0.3) is 0 Å². The van der Waals surface area contributed by atoms with Crippen molar-refractivity contribution < 1.29 is 9.53 Å². The molecule has 2 aliphatic rings. The highest BCUT2D eigenvalue weighted by Gasteiger charge is 2.22. The van der Waals surface area contributed by atoms with Gasteiger partial charge in [0.2, 0.25) is 5.91 Å². The summed E-state index contributed by atoms with van der Waals surface area (Å²) >= 11 is 0. The molecular formula is C21H32N4O2. The summed E-state index contributed by atoms with van der Waals surface area (Å²) in [5, 5.41) is 3.24. The number of anilines is 1. The Balaban J connectivity index is 1.49. The quantitative estimate of drug-likeness (QED) is 0.636. The molecule has 0 saturated carbocycles. The topological polar surface area (TPSA) is 57.2 Å². The number of carbonyl (C=O) groups excluding carboxylic acids is 1. The van der Waals surface area contributed by atoms with Crippen molar-refractivity contribution in [2.45, 2.75) is 32.1 Å². The molecule has 148 valence electrons. The second-order valence-electron chi connectivity index (χ2n) is 7.44. The van der Waals surface area contributed by atoms with Crippen molar-refractivity contribution in [3.63, 3.8) is 0 Å². The number of guanidine groups is 1. The molecule has 2 heterocycles. The van der Waals surface area contributed by atoms with Gasteiger partial charge >= 0.3 is 0 Å². The lowest BCUT2D eigenvalue weighted by Gasteiger charge is -2.30. The van der Waals surface area contributed by atoms with E-state index < -0.39 is 0 Å². The molecule has 1 amide bonds. The van der Waals surface area contributed by atoms with Gasteiger partial charge < -0.3 is 19.9 Å². The van der Waals surface area contributed by atoms with Crippen molar-refractivity contribution in [2.75, 3.05) is 51.8 Å². The van der Waals surface area contributed by atoms with Crippen molar-refractivity contribution in [3.8, 4) is 0 Å². The molecule has 27 heavy (non-hydrogen) atoms. The summed E-state index contributed by atoms with van der Waals surface area (Å²) < 4.78 is 5.43. The minimum absolute atomic E-state index is 0.0983. The van der Waals surface area contributed by atoms with Crippen LogP contribution in [0.2, 0.25) is 0 Å². The van der Waals surface area contributed by atoms with Crippen molar-refractivity contribution in [1.29, 1.82) is 0 Å². The Morgan fingerprint density at radius 2 is 2.11 bits per heavy atom. The number of aryl methyl sites for hydroxylation is 1. The number of aliphatic imine (C=N–C) groups is 1. The second kappa shape index (κ2) is 9.74. The zero-order chi connectivity index (χ0) is 19.1. The van der Waals surface area contributed by atoms with Gasteiger partial charge in [-0.15, -0.1) is 0 Å². The molecule has 1 aromatic rings. The Morgan fingerprint density at radius 1 is 1.33 bits per heavy atom. The van der Waals surface area contributed by atoms with Crippen LogP contribution in [0.25, 0.3) is 0 Å². The van der Waals surface area contributed by atoms with Crippen molar-refractivity contribution in [1.82, 2.24) is 10.2 Å². The summed E-state index contributed by atoms with van der Waals surface area (Å²) in [6, 6.07) is 8.20. The smallest absolute Gasteiger partial charge is 0.246 e. The molecule has 0 unspecified atom stereocenters. The molecule has 0 aliphatic carbocycles. The summed E-state index contributed by atoms with van der Waals surface area (Å²) in [5.74, 6) is 1.60. The van der Waals surface area contributed by atoms with Gasteiger partial charge in [0.15, 0.2) is 5.96 Å². The summed E-state index contributed by atoms with van der Waals surface area (Å²) in [6.07, 6.45) is 5.49. The minimum atomic E-state index is 0.0983. The normalized spacial score (nSPS) is 18.1. The number of nitrogens with one attached hydrogen (secondary N) is 1. The van der Waals surface area contributed by atoms with E-state index in [4.69, 9.17) is 4.74 Å². The largest absolute Gasteiger partial charge is 0.381 e. The van der Waals surface area contributed by atoms with Gasteiger partial charge in [-0.25, -0.2) is 0 Å². The maximum Gasteiger partial charge on any atom is 0.246 e. The molecule has 1 N–H and O–H groups in total. The van der Waals surface area contributed by atoms with E-state index in [1.807, 2.05) is 30.1 Å². The van der Waals surface area contributed by atoms with E-state index in [0.29, 0.717) is 0 Å². The van der Waals surface area contributed by atoms with E-state index in [2.05, 4.69) is 21.3 Å². The van der Waals surface area contributed by atoms with E-state index in [1.165, 1.54) is 5.56 Å². The van der Waals surface area contributed by atoms with Gasteiger partial charge in [0.05, 0.1) is 6.54 Å². The lowest BCUT2D eigenvalue weighted by molar-refractivity contribution is -0.117. The SMILES string of the molecule is CN=C(NCC(=O)N1CCCc2ccccc21)N(C)CCC1CCOCC1. The first kappa shape index (κ1) is 19.7. The van der Waals surface area contributed by atoms with Crippen molar-refractivity contribution in [2.24, 2.45) is 10.9 Å². The van der Waals surface area contributed by atoms with Gasteiger partial charge in [0.1, 0.15) is 0 Å². The average molecular weight is 373 g/mol. The Morgan fingerprint density at radius 3 is 2.89 bits per heavy atom. The van der Waals surface area contributed by atoms with Crippen LogP contribution in [0, 0.1) is 5.92 Å². The third-order valence-electron chi connectivity index (χ3n) is 5.60. The van der Waals surface area contributed by atoms with Gasteiger partial charge in [-0.1, -0.05) is 18.2 Å². The fourth-order valence-electron chi connectivity index (χ4n) is 3.94. The second-order valence-corrected chi connectivity index (χ2v) is 7.44. The monoisotopic (exact) mass is 372 g/mol. The molecular weight excluding hydrogens is 340 g/mol. The highest BCUT2D eigenvalue weighted by atomic mass is 16.5. The van der Waals surface area contributed by atoms with Crippen LogP contribution in [-0.2, 0) is 16.0 Å². The summed E-state index contributed by atoms with van der Waals surface area (Å²) in [7, 11) is 3.81. The Hall–Kier alpha value is -2.08. The number of amides is 1. The number of ether oxygens (including phenoxy) is 1. The maximum absolute atomic E-state index is 12.8. The highest BCUT2D eigenvalue weighted by molar-refractivity contribution is 5.98. The van der Waals surface area contributed by atoms with Crippen LogP contribution in [0.5, 0.6) is 0 Å². The number of rotatable bonds is 5. The zero-order valence-corrected chi connectivity index (χ0v) is 16.6. The highest BCUT2D eigenvalue weighted by Crippen LogP contribution is 2.26.